The van der Waals surface area contributed by atoms with Crippen LogP contribution in [0.4, 0.5) is 0 Å². The van der Waals surface area contributed by atoms with E-state index >= 15 is 0 Å². The van der Waals surface area contributed by atoms with E-state index in [0.717, 1.165) is 0 Å². The number of methoxy groups -OCH3 is 4. The molecule has 3 radical (unpaired) electrons. The van der Waals surface area contributed by atoms with Gasteiger partial charge in [0.15, 0.2) is 11.8 Å². The summed E-state index contributed by atoms with van der Waals surface area (Å²) in [6.45, 7) is 3.62. The van der Waals surface area contributed by atoms with Crippen molar-refractivity contribution in [2.24, 2.45) is 11.8 Å². The van der Waals surface area contributed by atoms with Gasteiger partial charge in [-0.25, -0.2) is 0 Å². The van der Waals surface area contributed by atoms with Gasteiger partial charge in [-0.15, -0.1) is 0 Å². The van der Waals surface area contributed by atoms with Crippen LogP contribution in [0.5, 0.6) is 0 Å². The average molecular weight is 399 g/mol. The zero-order chi connectivity index (χ0) is 20.5. The maximum atomic E-state index is 11.1. The van der Waals surface area contributed by atoms with Crippen molar-refractivity contribution in [3.63, 3.8) is 0 Å². The molecule has 0 fully saturated rings. The predicted molar refractivity (Wildman–Crippen MR) is 106 cm³/mol. The minimum Gasteiger partial charge on any atom is -0.468 e. The van der Waals surface area contributed by atoms with Crippen LogP contribution in [0.25, 0.3) is 0 Å². The minimum absolute atomic E-state index is 0. The zero-order valence-electron chi connectivity index (χ0n) is 16.7. The van der Waals surface area contributed by atoms with Crippen LogP contribution in [0.15, 0.2) is 24.3 Å². The molecule has 0 aromatic rings. The molecule has 0 rings (SSSR count). The average Bonchev–Trinajstić information content (AvgIpc) is 2.67. The van der Waals surface area contributed by atoms with Crippen molar-refractivity contribution in [2.45, 2.75) is 34.1 Å². The lowest BCUT2D eigenvalue weighted by molar-refractivity contribution is -0.160. The van der Waals surface area contributed by atoms with E-state index in [1.807, 2.05) is 13.8 Å². The molecule has 0 unspecified atom stereocenters. The number of hydrogen-bond donors (Lipinski definition) is 0. The van der Waals surface area contributed by atoms with E-state index in [9.17, 15) is 19.2 Å². The number of allylic oxidation sites excluding steroid dienone is 4. The first-order chi connectivity index (χ1) is 12.3. The lowest BCUT2D eigenvalue weighted by Gasteiger charge is -2.09. The third-order valence-electron chi connectivity index (χ3n) is 3.16. The quantitative estimate of drug-likeness (QED) is 0.201. The van der Waals surface area contributed by atoms with Crippen LogP contribution < -0.4 is 0 Å². The van der Waals surface area contributed by atoms with Gasteiger partial charge in [-0.3, -0.25) is 19.2 Å². The first-order valence-corrected chi connectivity index (χ1v) is 7.88. The second kappa shape index (κ2) is 20.7. The second-order valence-corrected chi connectivity index (χ2v) is 4.81. The van der Waals surface area contributed by atoms with E-state index < -0.39 is 35.7 Å². The molecule has 9 heteroatoms. The summed E-state index contributed by atoms with van der Waals surface area (Å²) in [4.78, 5) is 44.2. The molecule has 0 spiro atoms. The first-order valence-electron chi connectivity index (χ1n) is 7.88. The summed E-state index contributed by atoms with van der Waals surface area (Å²) < 4.78 is 17.8. The van der Waals surface area contributed by atoms with Crippen molar-refractivity contribution < 1.29 is 38.1 Å². The van der Waals surface area contributed by atoms with E-state index in [1.165, 1.54) is 28.4 Å². The van der Waals surface area contributed by atoms with E-state index in [-0.39, 0.29) is 15.8 Å². The molecule has 0 heterocycles. The van der Waals surface area contributed by atoms with Gasteiger partial charge in [-0.2, -0.15) is 0 Å². The molecule has 8 nitrogen and oxygen atoms in total. The highest BCUT2D eigenvalue weighted by Crippen LogP contribution is 2.09. The predicted octanol–water partition coefficient (Wildman–Crippen LogP) is 2.08. The normalized spacial score (nSPS) is 9.71. The molecule has 0 atom stereocenters. The summed E-state index contributed by atoms with van der Waals surface area (Å²) in [5, 5.41) is 0. The van der Waals surface area contributed by atoms with Crippen molar-refractivity contribution in [1.82, 2.24) is 0 Å². The Morgan fingerprint density at radius 2 is 0.857 bits per heavy atom. The van der Waals surface area contributed by atoms with Crippen molar-refractivity contribution >= 4 is 32.3 Å². The van der Waals surface area contributed by atoms with E-state index in [1.54, 1.807) is 24.3 Å². The summed E-state index contributed by atoms with van der Waals surface area (Å²) in [6.07, 6.45) is 7.60. The molecule has 0 bridgehead atoms. The smallest absolute Gasteiger partial charge is 0.320 e. The van der Waals surface area contributed by atoms with Gasteiger partial charge in [-0.05, 0) is 26.7 Å². The monoisotopic (exact) mass is 399 g/mol. The highest BCUT2D eigenvalue weighted by atomic mass is 16.5. The Bertz CT molecular complexity index is 436. The van der Waals surface area contributed by atoms with Gasteiger partial charge in [0.2, 0.25) is 0 Å². The molecule has 0 aliphatic carbocycles. The standard InChI is InChI=1S/2C9H14O4.CH4.B/c2*1-4-5-6-7(8(10)12-2)9(11)13-3;;/h2*4-5,7H,6H2,1-3H3;1H4;/b5-4+;5-4-;;. The summed E-state index contributed by atoms with van der Waals surface area (Å²) in [5.74, 6) is -3.94. The Labute approximate surface area is 169 Å². The van der Waals surface area contributed by atoms with Crippen LogP contribution >= 0.6 is 0 Å². The first kappa shape index (κ1) is 33.0. The maximum Gasteiger partial charge on any atom is 0.320 e. The molecule has 159 valence electrons. The fourth-order valence-electron chi connectivity index (χ4n) is 1.69. The SMILES string of the molecule is C.C/C=C/CC(C(=O)OC)C(=O)OC.C/C=C\CC(C(=O)OC)C(=O)OC.[B]. The largest absolute Gasteiger partial charge is 0.468 e. The molecule has 0 aromatic carbocycles. The molecule has 0 aliphatic heterocycles. The second-order valence-electron chi connectivity index (χ2n) is 4.81. The summed E-state index contributed by atoms with van der Waals surface area (Å²) in [7, 11) is 4.98. The van der Waals surface area contributed by atoms with E-state index in [4.69, 9.17) is 0 Å². The Morgan fingerprint density at radius 3 is 1.00 bits per heavy atom. The zero-order valence-corrected chi connectivity index (χ0v) is 16.7. The summed E-state index contributed by atoms with van der Waals surface area (Å²) in [6, 6.07) is 0. The Balaban J connectivity index is -0.000000192. The molecule has 0 N–H and O–H groups in total. The van der Waals surface area contributed by atoms with Crippen LogP contribution in [0.3, 0.4) is 0 Å². The van der Waals surface area contributed by atoms with E-state index in [0.29, 0.717) is 12.8 Å². The summed E-state index contributed by atoms with van der Waals surface area (Å²) >= 11 is 0. The molecule has 0 aliphatic rings. The lowest BCUT2D eigenvalue weighted by atomic mass is 10.1. The fraction of sp³-hybridized carbons (Fsp3) is 0.579. The number of esters is 4. The number of carbonyl (C=O) groups excluding carboxylic acids is 4. The van der Waals surface area contributed by atoms with E-state index in [2.05, 4.69) is 18.9 Å². The van der Waals surface area contributed by atoms with Gasteiger partial charge in [0.25, 0.3) is 0 Å². The van der Waals surface area contributed by atoms with Gasteiger partial charge in [0.1, 0.15) is 0 Å². The van der Waals surface area contributed by atoms with Gasteiger partial charge < -0.3 is 18.9 Å². The molecule has 28 heavy (non-hydrogen) atoms. The van der Waals surface area contributed by atoms with Crippen LogP contribution in [0, 0.1) is 11.8 Å². The molecule has 0 amide bonds. The summed E-state index contributed by atoms with van der Waals surface area (Å²) in [5.41, 5.74) is 0. The fourth-order valence-corrected chi connectivity index (χ4v) is 1.69. The third kappa shape index (κ3) is 13.6. The number of hydrogen-bond acceptors (Lipinski definition) is 8. The topological polar surface area (TPSA) is 105 Å². The Hall–Kier alpha value is -2.58. The Morgan fingerprint density at radius 1 is 0.643 bits per heavy atom. The molecular formula is C19H32BO8. The van der Waals surface area contributed by atoms with Crippen molar-refractivity contribution in [3.05, 3.63) is 24.3 Å². The van der Waals surface area contributed by atoms with Gasteiger partial charge >= 0.3 is 23.9 Å². The van der Waals surface area contributed by atoms with Crippen LogP contribution in [0.2, 0.25) is 0 Å². The van der Waals surface area contributed by atoms with Crippen LogP contribution in [0.1, 0.15) is 34.1 Å². The Kier molecular flexibility index (Phi) is 24.5. The number of ether oxygens (including phenoxy) is 4. The molecule has 0 saturated carbocycles. The van der Waals surface area contributed by atoms with Crippen molar-refractivity contribution in [3.8, 4) is 0 Å². The third-order valence-corrected chi connectivity index (χ3v) is 3.16. The lowest BCUT2D eigenvalue weighted by Crippen LogP contribution is -2.25. The van der Waals surface area contributed by atoms with Crippen LogP contribution in [-0.2, 0) is 38.1 Å². The van der Waals surface area contributed by atoms with Gasteiger partial charge in [-0.1, -0.05) is 31.7 Å². The highest BCUT2D eigenvalue weighted by Gasteiger charge is 2.27. The molecule has 0 saturated heterocycles. The number of carbonyl (C=O) groups is 4. The minimum atomic E-state index is -0.841. The van der Waals surface area contributed by atoms with Gasteiger partial charge in [0, 0.05) is 8.41 Å². The van der Waals surface area contributed by atoms with Gasteiger partial charge in [0.05, 0.1) is 28.4 Å². The van der Waals surface area contributed by atoms with Crippen molar-refractivity contribution in [2.75, 3.05) is 28.4 Å². The van der Waals surface area contributed by atoms with Crippen molar-refractivity contribution in [1.29, 1.82) is 0 Å². The van der Waals surface area contributed by atoms with Crippen LogP contribution in [-0.4, -0.2) is 60.7 Å². The maximum absolute atomic E-state index is 11.1. The number of rotatable bonds is 8. The molecule has 0 aromatic heterocycles. The highest BCUT2D eigenvalue weighted by molar-refractivity contribution is 5.95. The molecular weight excluding hydrogens is 367 g/mol.